The van der Waals surface area contributed by atoms with Crippen LogP contribution in [0.15, 0.2) is 24.5 Å². The summed E-state index contributed by atoms with van der Waals surface area (Å²) in [6.45, 7) is -0.412. The molecular weight excluding hydrogens is 444 g/mol. The van der Waals surface area contributed by atoms with E-state index in [1.807, 2.05) is 6.07 Å². The lowest BCUT2D eigenvalue weighted by Gasteiger charge is -2.39. The number of carbonyl (C=O) groups excluding carboxylic acids is 1. The van der Waals surface area contributed by atoms with E-state index in [0.29, 0.717) is 17.6 Å². The Kier molecular flexibility index (Phi) is 6.11. The zero-order valence-electron chi connectivity index (χ0n) is 17.8. The van der Waals surface area contributed by atoms with Crippen LogP contribution in [0.1, 0.15) is 12.1 Å². The third-order valence-corrected chi connectivity index (χ3v) is 5.90. The van der Waals surface area contributed by atoms with Gasteiger partial charge in [-0.3, -0.25) is 9.78 Å². The summed E-state index contributed by atoms with van der Waals surface area (Å²) in [5.41, 5.74) is -1.05. The van der Waals surface area contributed by atoms with E-state index in [2.05, 4.69) is 15.3 Å². The quantitative estimate of drug-likeness (QED) is 0.687. The predicted molar refractivity (Wildman–Crippen MR) is 110 cm³/mol. The molecule has 8 nitrogen and oxygen atoms in total. The van der Waals surface area contributed by atoms with Crippen LogP contribution in [0.3, 0.4) is 0 Å². The van der Waals surface area contributed by atoms with Crippen molar-refractivity contribution in [1.29, 1.82) is 5.26 Å². The van der Waals surface area contributed by atoms with Gasteiger partial charge in [-0.15, -0.1) is 0 Å². The topological polar surface area (TPSA) is 94.4 Å². The van der Waals surface area contributed by atoms with E-state index in [9.17, 15) is 27.6 Å². The van der Waals surface area contributed by atoms with Crippen LogP contribution in [0.4, 0.5) is 23.2 Å². The van der Waals surface area contributed by atoms with E-state index in [0.717, 1.165) is 0 Å². The maximum Gasteiger partial charge on any atom is 0.416 e. The Morgan fingerprint density at radius 3 is 2.85 bits per heavy atom. The van der Waals surface area contributed by atoms with Gasteiger partial charge in [0.05, 0.1) is 31.5 Å². The van der Waals surface area contributed by atoms with Gasteiger partial charge >= 0.3 is 6.18 Å². The third kappa shape index (κ3) is 4.84. The number of likely N-dealkylation sites (tertiary alicyclic amines) is 1. The van der Waals surface area contributed by atoms with Gasteiger partial charge in [0.15, 0.2) is 17.9 Å². The van der Waals surface area contributed by atoms with Crippen LogP contribution in [-0.4, -0.2) is 84.6 Å². The van der Waals surface area contributed by atoms with Gasteiger partial charge < -0.3 is 19.9 Å². The van der Waals surface area contributed by atoms with Crippen molar-refractivity contribution in [3.63, 3.8) is 0 Å². The SMILES string of the molecule is CN1CC[C@@](F)(CNC(=O)[C@@H]2CN(c3cnc(C#N)c4ncccc34)C[C@H](C(F)(F)F)O2)C1. The second-order valence-corrected chi connectivity index (χ2v) is 8.42. The molecule has 2 aromatic heterocycles. The number of hydrogen-bond acceptors (Lipinski definition) is 7. The minimum absolute atomic E-state index is 0.0408. The lowest BCUT2D eigenvalue weighted by Crippen LogP contribution is -2.58. The maximum absolute atomic E-state index is 14.8. The maximum atomic E-state index is 14.8. The number of carbonyl (C=O) groups is 1. The molecular formula is C21H22F4N6O2. The van der Waals surface area contributed by atoms with Crippen LogP contribution in [0.2, 0.25) is 0 Å². The van der Waals surface area contributed by atoms with Crippen LogP contribution >= 0.6 is 0 Å². The molecule has 0 bridgehead atoms. The summed E-state index contributed by atoms with van der Waals surface area (Å²) in [6.07, 6.45) is -5.46. The molecule has 0 aliphatic carbocycles. The monoisotopic (exact) mass is 466 g/mol. The van der Waals surface area contributed by atoms with Gasteiger partial charge in [-0.2, -0.15) is 18.4 Å². The number of nitrogens with one attached hydrogen (secondary N) is 1. The minimum atomic E-state index is -4.72. The Labute approximate surface area is 187 Å². The molecule has 12 heteroatoms. The Balaban J connectivity index is 1.59. The number of aromatic nitrogens is 2. The summed E-state index contributed by atoms with van der Waals surface area (Å²) >= 11 is 0. The molecule has 2 aromatic rings. The van der Waals surface area contributed by atoms with Gasteiger partial charge in [-0.05, 0) is 25.6 Å². The van der Waals surface area contributed by atoms with Gasteiger partial charge in [-0.25, -0.2) is 9.37 Å². The number of rotatable bonds is 4. The van der Waals surface area contributed by atoms with Gasteiger partial charge in [0.2, 0.25) is 0 Å². The van der Waals surface area contributed by atoms with Crippen LogP contribution < -0.4 is 10.2 Å². The van der Waals surface area contributed by atoms with Gasteiger partial charge in [0, 0.05) is 24.7 Å². The molecule has 2 aliphatic heterocycles. The molecule has 2 saturated heterocycles. The number of halogens is 4. The van der Waals surface area contributed by atoms with E-state index in [4.69, 9.17) is 4.74 Å². The molecule has 0 radical (unpaired) electrons. The number of alkyl halides is 4. The van der Waals surface area contributed by atoms with Crippen LogP contribution in [0.5, 0.6) is 0 Å². The lowest BCUT2D eigenvalue weighted by molar-refractivity contribution is -0.234. The highest BCUT2D eigenvalue weighted by molar-refractivity contribution is 5.94. The predicted octanol–water partition coefficient (Wildman–Crippen LogP) is 1.80. The molecule has 3 atom stereocenters. The summed E-state index contributed by atoms with van der Waals surface area (Å²) in [4.78, 5) is 24.0. The number of amides is 1. The molecule has 0 unspecified atom stereocenters. The van der Waals surface area contributed by atoms with E-state index in [1.54, 1.807) is 24.1 Å². The van der Waals surface area contributed by atoms with Crippen LogP contribution in [0, 0.1) is 11.3 Å². The number of ether oxygens (including phenoxy) is 1. The van der Waals surface area contributed by atoms with Crippen molar-refractivity contribution in [1.82, 2.24) is 20.2 Å². The normalized spacial score (nSPS) is 26.4. The highest BCUT2D eigenvalue weighted by Crippen LogP contribution is 2.33. The largest absolute Gasteiger partial charge is 0.416 e. The molecule has 0 saturated carbocycles. The fraction of sp³-hybridized carbons (Fsp3) is 0.524. The van der Waals surface area contributed by atoms with Crippen molar-refractivity contribution in [2.45, 2.75) is 30.5 Å². The highest BCUT2D eigenvalue weighted by Gasteiger charge is 2.48. The van der Waals surface area contributed by atoms with E-state index in [-0.39, 0.29) is 37.3 Å². The summed E-state index contributed by atoms with van der Waals surface area (Å²) in [5.74, 6) is -0.815. The molecule has 4 rings (SSSR count). The van der Waals surface area contributed by atoms with Crippen molar-refractivity contribution in [3.05, 3.63) is 30.2 Å². The standard InChI is InChI=1S/C21H22F4N6O2/c1-30-6-4-20(22,12-30)11-29-19(32)16-9-31(10-17(33-16)21(23,24)25)15-8-28-14(7-26)18-13(15)3-2-5-27-18/h2-3,5,8,16-17H,4,6,9-12H2,1H3,(H,29,32)/t16-,17+,20+/m0/s1. The fourth-order valence-corrected chi connectivity index (χ4v) is 4.21. The molecule has 2 fully saturated rings. The number of pyridine rings is 2. The third-order valence-electron chi connectivity index (χ3n) is 5.90. The molecule has 1 amide bonds. The fourth-order valence-electron chi connectivity index (χ4n) is 4.21. The van der Waals surface area contributed by atoms with Crippen molar-refractivity contribution in [2.24, 2.45) is 0 Å². The molecule has 2 aliphatic rings. The second kappa shape index (κ2) is 8.72. The molecule has 0 spiro atoms. The van der Waals surface area contributed by atoms with Crippen molar-refractivity contribution in [2.75, 3.05) is 44.7 Å². The second-order valence-electron chi connectivity index (χ2n) is 8.42. The average molecular weight is 466 g/mol. The van der Waals surface area contributed by atoms with Crippen molar-refractivity contribution >= 4 is 22.5 Å². The summed E-state index contributed by atoms with van der Waals surface area (Å²) < 4.78 is 60.8. The molecule has 33 heavy (non-hydrogen) atoms. The van der Waals surface area contributed by atoms with E-state index < -0.39 is 36.5 Å². The number of morpholine rings is 1. The first-order chi connectivity index (χ1) is 15.6. The first kappa shape index (κ1) is 23.1. The molecule has 176 valence electrons. The zero-order valence-corrected chi connectivity index (χ0v) is 17.8. The van der Waals surface area contributed by atoms with Gasteiger partial charge in [-0.1, -0.05) is 0 Å². The summed E-state index contributed by atoms with van der Waals surface area (Å²) in [7, 11) is 1.75. The molecule has 4 heterocycles. The van der Waals surface area contributed by atoms with Crippen LogP contribution in [-0.2, 0) is 9.53 Å². The van der Waals surface area contributed by atoms with E-state index in [1.165, 1.54) is 17.3 Å². The van der Waals surface area contributed by atoms with Gasteiger partial charge in [0.25, 0.3) is 5.91 Å². The smallest absolute Gasteiger partial charge is 0.364 e. The average Bonchev–Trinajstić information content (AvgIpc) is 3.14. The van der Waals surface area contributed by atoms with Crippen LogP contribution in [0.25, 0.3) is 10.9 Å². The van der Waals surface area contributed by atoms with Crippen molar-refractivity contribution in [3.8, 4) is 6.07 Å². The highest BCUT2D eigenvalue weighted by atomic mass is 19.4. The summed E-state index contributed by atoms with van der Waals surface area (Å²) in [5, 5.41) is 12.1. The van der Waals surface area contributed by atoms with E-state index >= 15 is 0 Å². The zero-order chi connectivity index (χ0) is 23.8. The minimum Gasteiger partial charge on any atom is -0.364 e. The Bertz CT molecular complexity index is 1090. The number of hydrogen-bond donors (Lipinski definition) is 1. The summed E-state index contributed by atoms with van der Waals surface area (Å²) in [6, 6.07) is 5.13. The number of anilines is 1. The Morgan fingerprint density at radius 1 is 1.39 bits per heavy atom. The molecule has 1 N–H and O–H groups in total. The molecule has 0 aromatic carbocycles. The first-order valence-corrected chi connectivity index (χ1v) is 10.4. The lowest BCUT2D eigenvalue weighted by atomic mass is 10.1. The first-order valence-electron chi connectivity index (χ1n) is 10.4. The van der Waals surface area contributed by atoms with Crippen molar-refractivity contribution < 1.29 is 27.1 Å². The number of nitrogens with zero attached hydrogens (tertiary/aromatic N) is 5. The number of fused-ring (bicyclic) bond motifs is 1. The van der Waals surface area contributed by atoms with Gasteiger partial charge in [0.1, 0.15) is 17.3 Å². The number of nitriles is 1. The Hall–Kier alpha value is -3.04. The Morgan fingerprint density at radius 2 is 2.18 bits per heavy atom.